The molecule has 0 unspecified atom stereocenters. The molecular formula is C5H10N2O2S. The van der Waals surface area contributed by atoms with E-state index in [1.165, 1.54) is 6.26 Å². The molecule has 0 bridgehead atoms. The molecule has 1 aliphatic heterocycles. The van der Waals surface area contributed by atoms with Crippen molar-refractivity contribution in [2.45, 2.75) is 5.25 Å². The van der Waals surface area contributed by atoms with Crippen molar-refractivity contribution >= 4 is 16.6 Å². The minimum atomic E-state index is -2.84. The van der Waals surface area contributed by atoms with E-state index in [1.54, 1.807) is 5.01 Å². The van der Waals surface area contributed by atoms with Crippen LogP contribution in [0.4, 0.5) is 0 Å². The van der Waals surface area contributed by atoms with E-state index < -0.39 is 9.84 Å². The molecule has 0 radical (unpaired) electrons. The lowest BCUT2D eigenvalue weighted by Crippen LogP contribution is -2.51. The van der Waals surface area contributed by atoms with Gasteiger partial charge in [-0.25, -0.2) is 8.42 Å². The molecule has 58 valence electrons. The normalized spacial score (nSPS) is 20.3. The first-order valence-electron chi connectivity index (χ1n) is 2.94. The highest BCUT2D eigenvalue weighted by Gasteiger charge is 2.33. The van der Waals surface area contributed by atoms with E-state index in [9.17, 15) is 8.42 Å². The van der Waals surface area contributed by atoms with Gasteiger partial charge in [0, 0.05) is 13.0 Å². The molecule has 1 rings (SSSR count). The summed E-state index contributed by atoms with van der Waals surface area (Å²) >= 11 is 0. The topological polar surface area (TPSA) is 49.7 Å². The van der Waals surface area contributed by atoms with Crippen molar-refractivity contribution in [2.24, 2.45) is 5.10 Å². The summed E-state index contributed by atoms with van der Waals surface area (Å²) in [5.41, 5.74) is 0. The van der Waals surface area contributed by atoms with Crippen molar-refractivity contribution in [3.63, 3.8) is 0 Å². The predicted octanol–water partition coefficient (Wildman–Crippen LogP) is -0.669. The fraction of sp³-hybridized carbons (Fsp3) is 0.800. The standard InChI is InChI=1S/C5H10N2O2S/c1-6-7-3-5(4-7)10(2,8)9/h5H,1,3-4H2,2H3. The molecule has 0 amide bonds. The first kappa shape index (κ1) is 7.53. The Balaban J connectivity index is 2.48. The summed E-state index contributed by atoms with van der Waals surface area (Å²) in [4.78, 5) is 0. The zero-order valence-corrected chi connectivity index (χ0v) is 6.63. The number of rotatable bonds is 2. The van der Waals surface area contributed by atoms with Crippen molar-refractivity contribution in [3.05, 3.63) is 0 Å². The number of hydrogen-bond donors (Lipinski definition) is 0. The largest absolute Gasteiger partial charge is 0.295 e. The Kier molecular flexibility index (Phi) is 1.68. The van der Waals surface area contributed by atoms with Gasteiger partial charge < -0.3 is 0 Å². The zero-order valence-electron chi connectivity index (χ0n) is 5.82. The number of hydrogen-bond acceptors (Lipinski definition) is 4. The van der Waals surface area contributed by atoms with Gasteiger partial charge in [-0.05, 0) is 0 Å². The van der Waals surface area contributed by atoms with E-state index in [-0.39, 0.29) is 5.25 Å². The molecule has 1 heterocycles. The lowest BCUT2D eigenvalue weighted by molar-refractivity contribution is 0.196. The SMILES string of the molecule is C=NN1CC(S(C)(=O)=O)C1. The van der Waals surface area contributed by atoms with Gasteiger partial charge in [0.05, 0.1) is 18.3 Å². The van der Waals surface area contributed by atoms with Crippen molar-refractivity contribution in [1.29, 1.82) is 0 Å². The Hall–Kier alpha value is -0.580. The second-order valence-electron chi connectivity index (χ2n) is 2.46. The lowest BCUT2D eigenvalue weighted by Gasteiger charge is -2.34. The minimum Gasteiger partial charge on any atom is -0.295 e. The molecule has 0 aromatic rings. The van der Waals surface area contributed by atoms with Crippen LogP contribution in [0.3, 0.4) is 0 Å². The van der Waals surface area contributed by atoms with Crippen molar-refractivity contribution < 1.29 is 8.42 Å². The second kappa shape index (κ2) is 2.23. The summed E-state index contributed by atoms with van der Waals surface area (Å²) in [6.45, 7) is 4.28. The highest BCUT2D eigenvalue weighted by Crippen LogP contribution is 2.14. The van der Waals surface area contributed by atoms with E-state index >= 15 is 0 Å². The summed E-state index contributed by atoms with van der Waals surface area (Å²) < 4.78 is 21.6. The quantitative estimate of drug-likeness (QED) is 0.506. The average Bonchev–Trinajstić information content (AvgIpc) is 1.57. The third-order valence-electron chi connectivity index (χ3n) is 1.63. The Bertz CT molecular complexity index is 228. The second-order valence-corrected chi connectivity index (χ2v) is 4.79. The fourth-order valence-corrected chi connectivity index (χ4v) is 1.69. The smallest absolute Gasteiger partial charge is 0.153 e. The van der Waals surface area contributed by atoms with Crippen LogP contribution in [0.25, 0.3) is 0 Å². The summed E-state index contributed by atoms with van der Waals surface area (Å²) in [5.74, 6) is 0. The van der Waals surface area contributed by atoms with Crippen molar-refractivity contribution in [1.82, 2.24) is 5.01 Å². The maximum atomic E-state index is 10.8. The molecule has 0 atom stereocenters. The van der Waals surface area contributed by atoms with Crippen LogP contribution in [0.1, 0.15) is 0 Å². The minimum absolute atomic E-state index is 0.224. The van der Waals surface area contributed by atoms with Crippen molar-refractivity contribution in [3.8, 4) is 0 Å². The Morgan fingerprint density at radius 3 is 2.40 bits per heavy atom. The van der Waals surface area contributed by atoms with E-state index in [4.69, 9.17) is 0 Å². The van der Waals surface area contributed by atoms with Crippen LogP contribution < -0.4 is 0 Å². The molecular weight excluding hydrogens is 152 g/mol. The average molecular weight is 162 g/mol. The van der Waals surface area contributed by atoms with E-state index in [0.29, 0.717) is 13.1 Å². The summed E-state index contributed by atoms with van der Waals surface area (Å²) in [6, 6.07) is 0. The van der Waals surface area contributed by atoms with Crippen molar-refractivity contribution in [2.75, 3.05) is 19.3 Å². The monoisotopic (exact) mass is 162 g/mol. The zero-order chi connectivity index (χ0) is 7.78. The molecule has 10 heavy (non-hydrogen) atoms. The van der Waals surface area contributed by atoms with Gasteiger partial charge in [0.2, 0.25) is 0 Å². The third kappa shape index (κ3) is 1.29. The Morgan fingerprint density at radius 1 is 1.60 bits per heavy atom. The predicted molar refractivity (Wildman–Crippen MR) is 39.8 cm³/mol. The molecule has 5 heteroatoms. The van der Waals surface area contributed by atoms with Gasteiger partial charge in [-0.3, -0.25) is 5.01 Å². The van der Waals surface area contributed by atoms with Crippen LogP contribution in [0, 0.1) is 0 Å². The Morgan fingerprint density at radius 2 is 2.10 bits per heavy atom. The first-order valence-corrected chi connectivity index (χ1v) is 4.90. The van der Waals surface area contributed by atoms with E-state index in [0.717, 1.165) is 0 Å². The Labute approximate surface area is 60.4 Å². The number of sulfone groups is 1. The molecule has 0 aromatic carbocycles. The van der Waals surface area contributed by atoms with Gasteiger partial charge in [0.1, 0.15) is 0 Å². The van der Waals surface area contributed by atoms with Crippen LogP contribution in [0.2, 0.25) is 0 Å². The molecule has 0 spiro atoms. The van der Waals surface area contributed by atoms with Gasteiger partial charge in [0.25, 0.3) is 0 Å². The summed E-state index contributed by atoms with van der Waals surface area (Å²) in [6.07, 6.45) is 1.25. The maximum Gasteiger partial charge on any atom is 0.153 e. The van der Waals surface area contributed by atoms with Gasteiger partial charge >= 0.3 is 0 Å². The molecule has 1 fully saturated rings. The van der Waals surface area contributed by atoms with Gasteiger partial charge in [0.15, 0.2) is 9.84 Å². The molecule has 1 saturated heterocycles. The summed E-state index contributed by atoms with van der Waals surface area (Å²) in [5, 5.41) is 4.98. The molecule has 0 aliphatic carbocycles. The maximum absolute atomic E-state index is 10.8. The highest BCUT2D eigenvalue weighted by atomic mass is 32.2. The van der Waals surface area contributed by atoms with Gasteiger partial charge in [-0.1, -0.05) is 0 Å². The lowest BCUT2D eigenvalue weighted by atomic mass is 10.3. The first-order chi connectivity index (χ1) is 4.54. The summed E-state index contributed by atoms with van der Waals surface area (Å²) in [7, 11) is -2.84. The fourth-order valence-electron chi connectivity index (χ4n) is 0.803. The van der Waals surface area contributed by atoms with Crippen LogP contribution in [-0.4, -0.2) is 44.7 Å². The van der Waals surface area contributed by atoms with Crippen LogP contribution in [-0.2, 0) is 9.84 Å². The van der Waals surface area contributed by atoms with Crippen LogP contribution >= 0.6 is 0 Å². The van der Waals surface area contributed by atoms with Gasteiger partial charge in [-0.15, -0.1) is 0 Å². The molecule has 0 aromatic heterocycles. The third-order valence-corrected chi connectivity index (χ3v) is 3.14. The molecule has 0 saturated carbocycles. The highest BCUT2D eigenvalue weighted by molar-refractivity contribution is 7.91. The van der Waals surface area contributed by atoms with Crippen LogP contribution in [0.15, 0.2) is 5.10 Å². The van der Waals surface area contributed by atoms with E-state index in [1.807, 2.05) is 0 Å². The molecule has 0 N–H and O–H groups in total. The van der Waals surface area contributed by atoms with Crippen LogP contribution in [0.5, 0.6) is 0 Å². The molecule has 1 aliphatic rings. The number of hydrazone groups is 1. The molecule has 4 nitrogen and oxygen atoms in total. The van der Waals surface area contributed by atoms with Gasteiger partial charge in [-0.2, -0.15) is 5.10 Å². The van der Waals surface area contributed by atoms with E-state index in [2.05, 4.69) is 11.8 Å². The number of nitrogens with zero attached hydrogens (tertiary/aromatic N) is 2.